The van der Waals surface area contributed by atoms with Crippen molar-refractivity contribution in [1.82, 2.24) is 4.98 Å². The molecule has 3 rings (SSSR count). The molecule has 0 radical (unpaired) electrons. The summed E-state index contributed by atoms with van der Waals surface area (Å²) in [6, 6.07) is 8.06. The van der Waals surface area contributed by atoms with Crippen LogP contribution in [0.4, 0.5) is 0 Å². The fourth-order valence-electron chi connectivity index (χ4n) is 2.50. The summed E-state index contributed by atoms with van der Waals surface area (Å²) in [6.45, 7) is 3.55. The Bertz CT molecular complexity index is 574. The van der Waals surface area contributed by atoms with Gasteiger partial charge in [-0.05, 0) is 36.6 Å². The highest BCUT2D eigenvalue weighted by Crippen LogP contribution is 2.32. The van der Waals surface area contributed by atoms with Crippen molar-refractivity contribution in [2.75, 3.05) is 13.2 Å². The van der Waals surface area contributed by atoms with Gasteiger partial charge in [0.2, 0.25) is 0 Å². The van der Waals surface area contributed by atoms with Crippen molar-refractivity contribution in [3.05, 3.63) is 35.5 Å². The molecule has 2 heterocycles. The molecular formula is C15H17NO2. The second-order valence-corrected chi connectivity index (χ2v) is 4.83. The number of aromatic nitrogens is 1. The van der Waals surface area contributed by atoms with Crippen LogP contribution in [0.15, 0.2) is 24.3 Å². The third kappa shape index (κ3) is 1.95. The largest absolute Gasteiger partial charge is 0.506 e. The standard InChI is InChI=1S/C15H17NO2/c1-2-10-3-4-13-12(7-10)8-14(17)15(16-13)11-5-6-18-9-11/h3-4,7-8,11,17H,2,5-6,9H2,1H3. The first kappa shape index (κ1) is 11.5. The fraction of sp³-hybridized carbons (Fsp3) is 0.400. The summed E-state index contributed by atoms with van der Waals surface area (Å²) in [4.78, 5) is 4.60. The zero-order valence-corrected chi connectivity index (χ0v) is 10.5. The lowest BCUT2D eigenvalue weighted by Crippen LogP contribution is -2.01. The molecule has 1 aromatic heterocycles. The molecule has 1 N–H and O–H groups in total. The van der Waals surface area contributed by atoms with E-state index in [1.807, 2.05) is 12.1 Å². The molecular weight excluding hydrogens is 226 g/mol. The molecule has 0 bridgehead atoms. The Morgan fingerprint density at radius 2 is 2.28 bits per heavy atom. The zero-order chi connectivity index (χ0) is 12.5. The maximum atomic E-state index is 10.1. The van der Waals surface area contributed by atoms with E-state index in [4.69, 9.17) is 4.74 Å². The molecule has 1 aromatic carbocycles. The van der Waals surface area contributed by atoms with E-state index >= 15 is 0 Å². The summed E-state index contributed by atoms with van der Waals surface area (Å²) in [5, 5.41) is 11.1. The summed E-state index contributed by atoms with van der Waals surface area (Å²) >= 11 is 0. The number of benzene rings is 1. The molecule has 1 saturated heterocycles. The van der Waals surface area contributed by atoms with Crippen molar-refractivity contribution in [1.29, 1.82) is 0 Å². The number of aromatic hydroxyl groups is 1. The van der Waals surface area contributed by atoms with E-state index < -0.39 is 0 Å². The van der Waals surface area contributed by atoms with Crippen LogP contribution in [0, 0.1) is 0 Å². The predicted molar refractivity (Wildman–Crippen MR) is 71.0 cm³/mol. The Kier molecular flexibility index (Phi) is 2.92. The molecule has 0 saturated carbocycles. The SMILES string of the molecule is CCc1ccc2nc(C3CCOC3)c(O)cc2c1. The Hall–Kier alpha value is -1.61. The second-order valence-electron chi connectivity index (χ2n) is 4.83. The van der Waals surface area contributed by atoms with Crippen LogP contribution in [0.3, 0.4) is 0 Å². The highest BCUT2D eigenvalue weighted by Gasteiger charge is 2.22. The number of hydrogen-bond donors (Lipinski definition) is 1. The van der Waals surface area contributed by atoms with Gasteiger partial charge >= 0.3 is 0 Å². The Balaban J connectivity index is 2.09. The summed E-state index contributed by atoms with van der Waals surface area (Å²) in [5.74, 6) is 0.534. The van der Waals surface area contributed by atoms with Crippen LogP contribution in [0.25, 0.3) is 10.9 Å². The highest BCUT2D eigenvalue weighted by atomic mass is 16.5. The molecule has 0 aliphatic carbocycles. The first-order chi connectivity index (χ1) is 8.78. The number of ether oxygens (including phenoxy) is 1. The molecule has 3 nitrogen and oxygen atoms in total. The zero-order valence-electron chi connectivity index (χ0n) is 10.5. The van der Waals surface area contributed by atoms with Crippen molar-refractivity contribution in [3.8, 4) is 5.75 Å². The lowest BCUT2D eigenvalue weighted by molar-refractivity contribution is 0.193. The maximum absolute atomic E-state index is 10.1. The summed E-state index contributed by atoms with van der Waals surface area (Å²) in [6.07, 6.45) is 1.94. The smallest absolute Gasteiger partial charge is 0.138 e. The van der Waals surface area contributed by atoms with Gasteiger partial charge in [0.05, 0.1) is 17.8 Å². The molecule has 1 aliphatic rings. The van der Waals surface area contributed by atoms with E-state index in [2.05, 4.69) is 24.0 Å². The first-order valence-electron chi connectivity index (χ1n) is 6.48. The van der Waals surface area contributed by atoms with Gasteiger partial charge in [-0.25, -0.2) is 4.98 Å². The summed E-state index contributed by atoms with van der Waals surface area (Å²) < 4.78 is 5.36. The number of pyridine rings is 1. The number of fused-ring (bicyclic) bond motifs is 1. The van der Waals surface area contributed by atoms with Gasteiger partial charge < -0.3 is 9.84 Å². The van der Waals surface area contributed by atoms with Crippen LogP contribution in [-0.2, 0) is 11.2 Å². The Morgan fingerprint density at radius 1 is 1.39 bits per heavy atom. The average Bonchev–Trinajstić information content (AvgIpc) is 2.91. The van der Waals surface area contributed by atoms with Crippen LogP contribution in [0.2, 0.25) is 0 Å². The maximum Gasteiger partial charge on any atom is 0.138 e. The van der Waals surface area contributed by atoms with Crippen molar-refractivity contribution >= 4 is 10.9 Å². The van der Waals surface area contributed by atoms with E-state index in [0.29, 0.717) is 12.4 Å². The third-order valence-corrected chi connectivity index (χ3v) is 3.61. The van der Waals surface area contributed by atoms with E-state index in [-0.39, 0.29) is 5.92 Å². The molecule has 1 atom stereocenters. The van der Waals surface area contributed by atoms with Gasteiger partial charge in [-0.3, -0.25) is 0 Å². The average molecular weight is 243 g/mol. The lowest BCUT2D eigenvalue weighted by Gasteiger charge is -2.11. The molecule has 0 spiro atoms. The predicted octanol–water partition coefficient (Wildman–Crippen LogP) is 3.01. The highest BCUT2D eigenvalue weighted by molar-refractivity contribution is 5.81. The first-order valence-corrected chi connectivity index (χ1v) is 6.48. The van der Waals surface area contributed by atoms with E-state index in [9.17, 15) is 5.11 Å². The minimum Gasteiger partial charge on any atom is -0.506 e. The molecule has 1 unspecified atom stereocenters. The van der Waals surface area contributed by atoms with Gasteiger partial charge in [0.25, 0.3) is 0 Å². The van der Waals surface area contributed by atoms with Crippen molar-refractivity contribution in [2.45, 2.75) is 25.7 Å². The lowest BCUT2D eigenvalue weighted by atomic mass is 10.0. The second kappa shape index (κ2) is 4.58. The van der Waals surface area contributed by atoms with Crippen LogP contribution in [0.1, 0.15) is 30.5 Å². The van der Waals surface area contributed by atoms with E-state index in [1.165, 1.54) is 5.56 Å². The minimum atomic E-state index is 0.236. The van der Waals surface area contributed by atoms with Gasteiger partial charge in [0.15, 0.2) is 0 Å². The van der Waals surface area contributed by atoms with Gasteiger partial charge in [-0.1, -0.05) is 13.0 Å². The van der Waals surface area contributed by atoms with Crippen LogP contribution < -0.4 is 0 Å². The quantitative estimate of drug-likeness (QED) is 0.881. The normalized spacial score (nSPS) is 19.5. The Morgan fingerprint density at radius 3 is 3.00 bits per heavy atom. The van der Waals surface area contributed by atoms with Gasteiger partial charge in [-0.15, -0.1) is 0 Å². The van der Waals surface area contributed by atoms with Crippen molar-refractivity contribution in [3.63, 3.8) is 0 Å². The monoisotopic (exact) mass is 243 g/mol. The molecule has 1 fully saturated rings. The summed E-state index contributed by atoms with van der Waals surface area (Å²) in [5.41, 5.74) is 3.00. The topological polar surface area (TPSA) is 42.4 Å². The van der Waals surface area contributed by atoms with Crippen LogP contribution in [0.5, 0.6) is 5.75 Å². The summed E-state index contributed by atoms with van der Waals surface area (Å²) in [7, 11) is 0. The van der Waals surface area contributed by atoms with Crippen LogP contribution >= 0.6 is 0 Å². The van der Waals surface area contributed by atoms with Crippen molar-refractivity contribution < 1.29 is 9.84 Å². The number of nitrogens with zero attached hydrogens (tertiary/aromatic N) is 1. The van der Waals surface area contributed by atoms with Crippen LogP contribution in [-0.4, -0.2) is 23.3 Å². The van der Waals surface area contributed by atoms with Gasteiger partial charge in [0.1, 0.15) is 5.75 Å². The minimum absolute atomic E-state index is 0.236. The number of aryl methyl sites for hydroxylation is 1. The third-order valence-electron chi connectivity index (χ3n) is 3.61. The fourth-order valence-corrected chi connectivity index (χ4v) is 2.50. The number of rotatable bonds is 2. The molecule has 1 aliphatic heterocycles. The molecule has 18 heavy (non-hydrogen) atoms. The van der Waals surface area contributed by atoms with E-state index in [0.717, 1.165) is 36.0 Å². The number of hydrogen-bond acceptors (Lipinski definition) is 3. The molecule has 94 valence electrons. The van der Waals surface area contributed by atoms with E-state index in [1.54, 1.807) is 0 Å². The molecule has 0 amide bonds. The molecule has 2 aromatic rings. The Labute approximate surface area is 106 Å². The van der Waals surface area contributed by atoms with Gasteiger partial charge in [0, 0.05) is 17.9 Å². The molecule has 3 heteroatoms. The van der Waals surface area contributed by atoms with Crippen molar-refractivity contribution in [2.24, 2.45) is 0 Å². The van der Waals surface area contributed by atoms with Gasteiger partial charge in [-0.2, -0.15) is 0 Å².